The third kappa shape index (κ3) is 2.79. The molecule has 4 nitrogen and oxygen atoms in total. The highest BCUT2D eigenvalue weighted by atomic mass is 16.5. The van der Waals surface area contributed by atoms with Crippen molar-refractivity contribution in [2.75, 3.05) is 13.1 Å². The van der Waals surface area contributed by atoms with E-state index in [0.717, 1.165) is 25.9 Å². The largest absolute Gasteiger partial charge is 0.439 e. The number of likely N-dealkylation sites (tertiary alicyclic amines) is 1. The number of pyridine rings is 1. The van der Waals surface area contributed by atoms with Crippen molar-refractivity contribution in [3.8, 4) is 11.6 Å². The van der Waals surface area contributed by atoms with Gasteiger partial charge in [-0.25, -0.2) is 4.98 Å². The van der Waals surface area contributed by atoms with Gasteiger partial charge in [0.1, 0.15) is 5.75 Å². The Morgan fingerprint density at radius 2 is 1.80 bits per heavy atom. The van der Waals surface area contributed by atoms with Crippen LogP contribution in [0.25, 0.3) is 0 Å². The van der Waals surface area contributed by atoms with Crippen LogP contribution in [0, 0.1) is 0 Å². The van der Waals surface area contributed by atoms with Gasteiger partial charge in [0.25, 0.3) is 5.91 Å². The lowest BCUT2D eigenvalue weighted by Gasteiger charge is -2.15. The molecular formula is C16H16N2O2. The van der Waals surface area contributed by atoms with E-state index in [9.17, 15) is 4.79 Å². The predicted molar refractivity (Wildman–Crippen MR) is 75.9 cm³/mol. The summed E-state index contributed by atoms with van der Waals surface area (Å²) in [5.74, 6) is 1.33. The molecule has 1 aliphatic heterocycles. The Morgan fingerprint density at radius 1 is 1.05 bits per heavy atom. The standard InChI is InChI=1S/C16H16N2O2/c19-16(18-11-3-4-12-18)13-6-8-14(9-7-13)20-15-5-1-2-10-17-15/h1-2,5-10H,3-4,11-12H2. The first-order valence-electron chi connectivity index (χ1n) is 6.81. The highest BCUT2D eigenvalue weighted by molar-refractivity contribution is 5.94. The zero-order valence-electron chi connectivity index (χ0n) is 11.2. The summed E-state index contributed by atoms with van der Waals surface area (Å²) in [7, 11) is 0. The van der Waals surface area contributed by atoms with E-state index in [1.54, 1.807) is 36.5 Å². The second-order valence-corrected chi connectivity index (χ2v) is 4.79. The molecule has 0 spiro atoms. The van der Waals surface area contributed by atoms with Crippen LogP contribution < -0.4 is 4.74 Å². The summed E-state index contributed by atoms with van der Waals surface area (Å²) in [5.41, 5.74) is 0.709. The Kier molecular flexibility index (Phi) is 3.63. The molecule has 102 valence electrons. The van der Waals surface area contributed by atoms with Crippen LogP contribution in [0.5, 0.6) is 11.6 Å². The highest BCUT2D eigenvalue weighted by Gasteiger charge is 2.19. The molecule has 0 unspecified atom stereocenters. The van der Waals surface area contributed by atoms with Gasteiger partial charge in [-0.2, -0.15) is 0 Å². The van der Waals surface area contributed by atoms with Gasteiger partial charge in [-0.1, -0.05) is 6.07 Å². The fourth-order valence-corrected chi connectivity index (χ4v) is 2.30. The molecule has 20 heavy (non-hydrogen) atoms. The van der Waals surface area contributed by atoms with Gasteiger partial charge < -0.3 is 9.64 Å². The molecule has 2 aromatic rings. The van der Waals surface area contributed by atoms with Gasteiger partial charge in [0.05, 0.1) is 0 Å². The van der Waals surface area contributed by atoms with Gasteiger partial charge in [-0.3, -0.25) is 4.79 Å². The summed E-state index contributed by atoms with van der Waals surface area (Å²) in [5, 5.41) is 0. The smallest absolute Gasteiger partial charge is 0.253 e. The van der Waals surface area contributed by atoms with Crippen LogP contribution in [-0.4, -0.2) is 28.9 Å². The van der Waals surface area contributed by atoms with E-state index in [4.69, 9.17) is 4.74 Å². The van der Waals surface area contributed by atoms with Crippen molar-refractivity contribution >= 4 is 5.91 Å². The molecular weight excluding hydrogens is 252 g/mol. The van der Waals surface area contributed by atoms with Crippen LogP contribution in [0.15, 0.2) is 48.7 Å². The molecule has 1 aliphatic rings. The van der Waals surface area contributed by atoms with Gasteiger partial charge >= 0.3 is 0 Å². The van der Waals surface area contributed by atoms with Crippen LogP contribution in [0.3, 0.4) is 0 Å². The SMILES string of the molecule is O=C(c1ccc(Oc2ccccn2)cc1)N1CCCC1. The molecule has 0 atom stereocenters. The number of amides is 1. The maximum atomic E-state index is 12.2. The van der Waals surface area contributed by atoms with Crippen molar-refractivity contribution in [1.29, 1.82) is 0 Å². The summed E-state index contributed by atoms with van der Waals surface area (Å²) >= 11 is 0. The first-order valence-corrected chi connectivity index (χ1v) is 6.81. The van der Waals surface area contributed by atoms with Crippen LogP contribution in [0.2, 0.25) is 0 Å². The number of aromatic nitrogens is 1. The Bertz CT molecular complexity index is 575. The monoisotopic (exact) mass is 268 g/mol. The van der Waals surface area contributed by atoms with Crippen molar-refractivity contribution in [3.05, 3.63) is 54.2 Å². The van der Waals surface area contributed by atoms with E-state index >= 15 is 0 Å². The Hall–Kier alpha value is -2.36. The number of hydrogen-bond acceptors (Lipinski definition) is 3. The lowest BCUT2D eigenvalue weighted by molar-refractivity contribution is 0.0793. The number of benzene rings is 1. The Labute approximate surface area is 118 Å². The fourth-order valence-electron chi connectivity index (χ4n) is 2.30. The molecule has 0 aliphatic carbocycles. The zero-order valence-corrected chi connectivity index (χ0v) is 11.2. The molecule has 0 N–H and O–H groups in total. The van der Waals surface area contributed by atoms with Crippen LogP contribution in [-0.2, 0) is 0 Å². The first kappa shape index (κ1) is 12.7. The van der Waals surface area contributed by atoms with E-state index in [0.29, 0.717) is 17.2 Å². The van der Waals surface area contributed by atoms with Crippen molar-refractivity contribution in [2.45, 2.75) is 12.8 Å². The first-order chi connectivity index (χ1) is 9.83. The molecule has 1 fully saturated rings. The van der Waals surface area contributed by atoms with Crippen molar-refractivity contribution < 1.29 is 9.53 Å². The second kappa shape index (κ2) is 5.74. The van der Waals surface area contributed by atoms with E-state index < -0.39 is 0 Å². The number of carbonyl (C=O) groups is 1. The summed E-state index contributed by atoms with van der Waals surface area (Å²) < 4.78 is 5.60. The van der Waals surface area contributed by atoms with Gasteiger partial charge in [0, 0.05) is 30.9 Å². The summed E-state index contributed by atoms with van der Waals surface area (Å²) in [6.07, 6.45) is 3.89. The number of ether oxygens (including phenoxy) is 1. The van der Waals surface area contributed by atoms with E-state index in [1.165, 1.54) is 0 Å². The van der Waals surface area contributed by atoms with Crippen molar-refractivity contribution in [3.63, 3.8) is 0 Å². The summed E-state index contributed by atoms with van der Waals surface area (Å²) in [6.45, 7) is 1.73. The van der Waals surface area contributed by atoms with Gasteiger partial charge in [-0.15, -0.1) is 0 Å². The molecule has 1 aromatic heterocycles. The van der Waals surface area contributed by atoms with Crippen molar-refractivity contribution in [2.24, 2.45) is 0 Å². The Morgan fingerprint density at radius 3 is 2.45 bits per heavy atom. The summed E-state index contributed by atoms with van der Waals surface area (Å²) in [4.78, 5) is 18.2. The maximum absolute atomic E-state index is 12.2. The van der Waals surface area contributed by atoms with E-state index in [-0.39, 0.29) is 5.91 Å². The molecule has 0 bridgehead atoms. The third-order valence-electron chi connectivity index (χ3n) is 3.35. The minimum Gasteiger partial charge on any atom is -0.439 e. The quantitative estimate of drug-likeness (QED) is 0.859. The highest BCUT2D eigenvalue weighted by Crippen LogP contribution is 2.20. The molecule has 0 saturated carbocycles. The van der Waals surface area contributed by atoms with E-state index in [2.05, 4.69) is 4.98 Å². The number of hydrogen-bond donors (Lipinski definition) is 0. The molecule has 1 aromatic carbocycles. The van der Waals surface area contributed by atoms with Gasteiger partial charge in [-0.05, 0) is 43.2 Å². The number of nitrogens with zero attached hydrogens (tertiary/aromatic N) is 2. The normalized spacial score (nSPS) is 14.3. The minimum absolute atomic E-state index is 0.104. The molecule has 1 saturated heterocycles. The predicted octanol–water partition coefficient (Wildman–Crippen LogP) is 3.11. The lowest BCUT2D eigenvalue weighted by Crippen LogP contribution is -2.27. The average Bonchev–Trinajstić information content (AvgIpc) is 3.03. The van der Waals surface area contributed by atoms with Gasteiger partial charge in [0.15, 0.2) is 0 Å². The maximum Gasteiger partial charge on any atom is 0.253 e. The topological polar surface area (TPSA) is 42.4 Å². The van der Waals surface area contributed by atoms with Gasteiger partial charge in [0.2, 0.25) is 5.88 Å². The molecule has 4 heteroatoms. The average molecular weight is 268 g/mol. The third-order valence-corrected chi connectivity index (χ3v) is 3.35. The summed E-state index contributed by atoms with van der Waals surface area (Å²) in [6, 6.07) is 12.7. The van der Waals surface area contributed by atoms with E-state index in [1.807, 2.05) is 17.0 Å². The van der Waals surface area contributed by atoms with Crippen LogP contribution >= 0.6 is 0 Å². The number of rotatable bonds is 3. The number of carbonyl (C=O) groups excluding carboxylic acids is 1. The lowest BCUT2D eigenvalue weighted by atomic mass is 10.2. The fraction of sp³-hybridized carbons (Fsp3) is 0.250. The molecule has 1 amide bonds. The molecule has 2 heterocycles. The molecule has 3 rings (SSSR count). The zero-order chi connectivity index (χ0) is 13.8. The minimum atomic E-state index is 0.104. The second-order valence-electron chi connectivity index (χ2n) is 4.79. The molecule has 0 radical (unpaired) electrons. The van der Waals surface area contributed by atoms with Crippen LogP contribution in [0.1, 0.15) is 23.2 Å². The van der Waals surface area contributed by atoms with Crippen LogP contribution in [0.4, 0.5) is 0 Å². The van der Waals surface area contributed by atoms with Crippen molar-refractivity contribution in [1.82, 2.24) is 9.88 Å². The Balaban J connectivity index is 1.69.